The van der Waals surface area contributed by atoms with Gasteiger partial charge in [0.05, 0.1) is 18.8 Å². The van der Waals surface area contributed by atoms with Crippen LogP contribution in [0.25, 0.3) is 0 Å². The number of aliphatic imine (C=N–C) groups is 1. The first-order chi connectivity index (χ1) is 12.6. The number of anilines is 1. The number of ether oxygens (including phenoxy) is 1. The molecule has 3 rings (SSSR count). The second-order valence-corrected chi connectivity index (χ2v) is 7.58. The lowest BCUT2D eigenvalue weighted by molar-refractivity contribution is -0.00545. The number of rotatable bonds is 5. The Bertz CT molecular complexity index is 691. The molecule has 1 saturated heterocycles. The second kappa shape index (κ2) is 9.00. The highest BCUT2D eigenvalue weighted by Crippen LogP contribution is 2.18. The van der Waals surface area contributed by atoms with Crippen LogP contribution in [0.15, 0.2) is 40.8 Å². The summed E-state index contributed by atoms with van der Waals surface area (Å²) in [6.07, 6.45) is 2.40. The molecule has 7 heteroatoms. The van der Waals surface area contributed by atoms with Crippen molar-refractivity contribution < 1.29 is 4.74 Å². The average Bonchev–Trinajstić information content (AvgIpc) is 3.15. The maximum absolute atomic E-state index is 5.79. The molecule has 2 aromatic rings. The van der Waals surface area contributed by atoms with Crippen LogP contribution in [0.2, 0.25) is 0 Å². The van der Waals surface area contributed by atoms with E-state index in [1.807, 2.05) is 6.20 Å². The van der Waals surface area contributed by atoms with E-state index < -0.39 is 0 Å². The molecule has 0 saturated carbocycles. The fraction of sp³-hybridized carbons (Fsp3) is 0.474. The van der Waals surface area contributed by atoms with Crippen molar-refractivity contribution in [1.82, 2.24) is 15.6 Å². The quantitative estimate of drug-likeness (QED) is 0.623. The van der Waals surface area contributed by atoms with Crippen LogP contribution in [-0.4, -0.2) is 43.3 Å². The van der Waals surface area contributed by atoms with Crippen molar-refractivity contribution in [2.24, 2.45) is 4.99 Å². The minimum Gasteiger partial charge on any atom is -0.372 e. The Labute approximate surface area is 159 Å². The van der Waals surface area contributed by atoms with Crippen molar-refractivity contribution >= 4 is 23.1 Å². The van der Waals surface area contributed by atoms with Gasteiger partial charge in [0, 0.05) is 37.8 Å². The van der Waals surface area contributed by atoms with Crippen molar-refractivity contribution in [2.75, 3.05) is 25.0 Å². The Morgan fingerprint density at radius 2 is 2.00 bits per heavy atom. The molecule has 1 aliphatic heterocycles. The molecule has 1 fully saturated rings. The summed E-state index contributed by atoms with van der Waals surface area (Å²) in [5.41, 5.74) is 1.13. The van der Waals surface area contributed by atoms with Crippen molar-refractivity contribution in [3.8, 4) is 0 Å². The van der Waals surface area contributed by atoms with E-state index in [-0.39, 0.29) is 12.2 Å². The SMILES string of the molecule is CN=C(NCc1ccc(N2CC(C)OC(C)C2)nc1)NCc1cccs1. The minimum atomic E-state index is 0.236. The Hall–Kier alpha value is -2.12. The van der Waals surface area contributed by atoms with Gasteiger partial charge in [0.2, 0.25) is 0 Å². The summed E-state index contributed by atoms with van der Waals surface area (Å²) < 4.78 is 5.79. The maximum Gasteiger partial charge on any atom is 0.191 e. The predicted molar refractivity (Wildman–Crippen MR) is 108 cm³/mol. The summed E-state index contributed by atoms with van der Waals surface area (Å²) in [6.45, 7) is 7.45. The number of guanidine groups is 1. The molecule has 0 spiro atoms. The molecule has 26 heavy (non-hydrogen) atoms. The highest BCUT2D eigenvalue weighted by molar-refractivity contribution is 7.09. The Balaban J connectivity index is 1.50. The van der Waals surface area contributed by atoms with Crippen molar-refractivity contribution in [3.05, 3.63) is 46.3 Å². The summed E-state index contributed by atoms with van der Waals surface area (Å²) in [7, 11) is 1.78. The Morgan fingerprint density at radius 1 is 1.23 bits per heavy atom. The third kappa shape index (κ3) is 5.19. The number of morpholine rings is 1. The number of hydrogen-bond acceptors (Lipinski definition) is 5. The van der Waals surface area contributed by atoms with Gasteiger partial charge in [-0.15, -0.1) is 11.3 Å². The molecule has 2 N–H and O–H groups in total. The maximum atomic E-state index is 5.79. The number of aromatic nitrogens is 1. The molecule has 0 aromatic carbocycles. The lowest BCUT2D eigenvalue weighted by Gasteiger charge is -2.36. The summed E-state index contributed by atoms with van der Waals surface area (Å²) >= 11 is 1.74. The van der Waals surface area contributed by atoms with Gasteiger partial charge >= 0.3 is 0 Å². The molecule has 0 bridgehead atoms. The van der Waals surface area contributed by atoms with Crippen LogP contribution >= 0.6 is 11.3 Å². The number of hydrogen-bond donors (Lipinski definition) is 2. The molecule has 6 nitrogen and oxygen atoms in total. The smallest absolute Gasteiger partial charge is 0.191 e. The normalized spacial score (nSPS) is 20.9. The molecule has 1 aliphatic rings. The van der Waals surface area contributed by atoms with Crippen molar-refractivity contribution in [1.29, 1.82) is 0 Å². The fourth-order valence-electron chi connectivity index (χ4n) is 3.06. The molecule has 140 valence electrons. The molecule has 0 amide bonds. The van der Waals surface area contributed by atoms with Crippen LogP contribution < -0.4 is 15.5 Å². The van der Waals surface area contributed by atoms with E-state index in [9.17, 15) is 0 Å². The highest BCUT2D eigenvalue weighted by atomic mass is 32.1. The van der Waals surface area contributed by atoms with E-state index >= 15 is 0 Å². The average molecular weight is 374 g/mol. The molecule has 3 heterocycles. The van der Waals surface area contributed by atoms with Gasteiger partial charge in [0.25, 0.3) is 0 Å². The molecule has 2 atom stereocenters. The van der Waals surface area contributed by atoms with Crippen LogP contribution in [0.3, 0.4) is 0 Å². The first-order valence-electron chi connectivity index (χ1n) is 8.96. The van der Waals surface area contributed by atoms with E-state index in [4.69, 9.17) is 4.74 Å². The van der Waals surface area contributed by atoms with E-state index in [1.54, 1.807) is 18.4 Å². The van der Waals surface area contributed by atoms with Gasteiger partial charge in [-0.3, -0.25) is 4.99 Å². The molecule has 0 aliphatic carbocycles. The summed E-state index contributed by atoms with van der Waals surface area (Å²) in [5, 5.41) is 8.73. The first kappa shape index (κ1) is 18.7. The van der Waals surface area contributed by atoms with Gasteiger partial charge < -0.3 is 20.3 Å². The van der Waals surface area contributed by atoms with E-state index in [2.05, 4.69) is 69.0 Å². The number of nitrogens with zero attached hydrogens (tertiary/aromatic N) is 3. The van der Waals surface area contributed by atoms with Gasteiger partial charge in [-0.25, -0.2) is 4.98 Å². The van der Waals surface area contributed by atoms with Crippen LogP contribution in [0, 0.1) is 0 Å². The van der Waals surface area contributed by atoms with Gasteiger partial charge in [0.15, 0.2) is 5.96 Å². The van der Waals surface area contributed by atoms with E-state index in [1.165, 1.54) is 4.88 Å². The van der Waals surface area contributed by atoms with Crippen LogP contribution in [0.5, 0.6) is 0 Å². The zero-order valence-electron chi connectivity index (χ0n) is 15.6. The number of pyridine rings is 1. The van der Waals surface area contributed by atoms with Crippen molar-refractivity contribution in [3.63, 3.8) is 0 Å². The van der Waals surface area contributed by atoms with Gasteiger partial charge in [-0.2, -0.15) is 0 Å². The first-order valence-corrected chi connectivity index (χ1v) is 9.84. The molecule has 2 unspecified atom stereocenters. The van der Waals surface area contributed by atoms with Crippen LogP contribution in [0.1, 0.15) is 24.3 Å². The summed E-state index contributed by atoms with van der Waals surface area (Å²) in [6, 6.07) is 8.37. The van der Waals surface area contributed by atoms with Gasteiger partial charge in [-0.1, -0.05) is 12.1 Å². The Kier molecular flexibility index (Phi) is 6.46. The molecule has 2 aromatic heterocycles. The predicted octanol–water partition coefficient (Wildman–Crippen LogP) is 2.62. The zero-order chi connectivity index (χ0) is 18.4. The topological polar surface area (TPSA) is 61.8 Å². The number of nitrogens with one attached hydrogen (secondary N) is 2. The minimum absolute atomic E-state index is 0.236. The Morgan fingerprint density at radius 3 is 2.62 bits per heavy atom. The lowest BCUT2D eigenvalue weighted by atomic mass is 10.2. The van der Waals surface area contributed by atoms with Crippen LogP contribution in [0.4, 0.5) is 5.82 Å². The van der Waals surface area contributed by atoms with E-state index in [0.29, 0.717) is 6.54 Å². The molecular weight excluding hydrogens is 346 g/mol. The summed E-state index contributed by atoms with van der Waals surface area (Å²) in [4.78, 5) is 12.5. The monoisotopic (exact) mass is 373 g/mol. The van der Waals surface area contributed by atoms with E-state index in [0.717, 1.165) is 37.0 Å². The van der Waals surface area contributed by atoms with Gasteiger partial charge in [-0.05, 0) is 36.9 Å². The third-order valence-electron chi connectivity index (χ3n) is 4.25. The highest BCUT2D eigenvalue weighted by Gasteiger charge is 2.22. The zero-order valence-corrected chi connectivity index (χ0v) is 16.4. The third-order valence-corrected chi connectivity index (χ3v) is 5.12. The molecular formula is C19H27N5OS. The standard InChI is InChI=1S/C19H27N5OS/c1-14-12-24(13-15(2)25-14)18-7-6-16(9-21-18)10-22-19(20-3)23-11-17-5-4-8-26-17/h4-9,14-15H,10-13H2,1-3H3,(H2,20,22,23). The lowest BCUT2D eigenvalue weighted by Crippen LogP contribution is -2.45. The second-order valence-electron chi connectivity index (χ2n) is 6.55. The summed E-state index contributed by atoms with van der Waals surface area (Å²) in [5.74, 6) is 1.80. The fourth-order valence-corrected chi connectivity index (χ4v) is 3.71. The number of thiophene rings is 1. The van der Waals surface area contributed by atoms with Crippen molar-refractivity contribution in [2.45, 2.75) is 39.1 Å². The molecule has 0 radical (unpaired) electrons. The largest absolute Gasteiger partial charge is 0.372 e. The van der Waals surface area contributed by atoms with Gasteiger partial charge in [0.1, 0.15) is 5.82 Å². The van der Waals surface area contributed by atoms with Crippen LogP contribution in [-0.2, 0) is 17.8 Å².